The van der Waals surface area contributed by atoms with Crippen molar-refractivity contribution in [2.24, 2.45) is 0 Å². The highest BCUT2D eigenvalue weighted by Crippen LogP contribution is 2.28. The highest BCUT2D eigenvalue weighted by Gasteiger charge is 2.11. The van der Waals surface area contributed by atoms with Crippen molar-refractivity contribution < 1.29 is 4.39 Å². The molecule has 0 saturated heterocycles. The van der Waals surface area contributed by atoms with Gasteiger partial charge in [-0.2, -0.15) is 0 Å². The molecule has 0 unspecified atom stereocenters. The molecule has 0 spiro atoms. The van der Waals surface area contributed by atoms with Crippen molar-refractivity contribution >= 4 is 22.5 Å². The van der Waals surface area contributed by atoms with E-state index in [4.69, 9.17) is 11.6 Å². The largest absolute Gasteiger partial charge is 0.228 e. The fourth-order valence-corrected chi connectivity index (χ4v) is 2.91. The topological polar surface area (TPSA) is 25.8 Å². The minimum atomic E-state index is -0.301. The Morgan fingerprint density at radius 1 is 0.905 bits per heavy atom. The van der Waals surface area contributed by atoms with Gasteiger partial charge >= 0.3 is 0 Å². The number of hydrogen-bond acceptors (Lipinski definition) is 2. The van der Waals surface area contributed by atoms with E-state index in [1.807, 2.05) is 39.0 Å². The number of aryl methyl sites for hydroxylation is 3. The normalized spacial score (nSPS) is 11.1. The van der Waals surface area contributed by atoms with Crippen molar-refractivity contribution in [3.63, 3.8) is 0 Å². The smallest absolute Gasteiger partial charge is 0.161 e. The van der Waals surface area contributed by atoms with Crippen molar-refractivity contribution in [2.75, 3.05) is 0 Å². The molecule has 0 saturated carbocycles. The second-order valence-corrected chi connectivity index (χ2v) is 5.69. The first-order valence-corrected chi connectivity index (χ1v) is 7.04. The first kappa shape index (κ1) is 14.0. The van der Waals surface area contributed by atoms with Gasteiger partial charge in [0.05, 0.1) is 5.52 Å². The number of halogens is 2. The van der Waals surface area contributed by atoms with Crippen molar-refractivity contribution in [2.45, 2.75) is 20.8 Å². The molecule has 0 amide bonds. The lowest BCUT2D eigenvalue weighted by molar-refractivity contribution is 0.627. The molecule has 3 aromatic rings. The Balaban J connectivity index is 2.29. The summed E-state index contributed by atoms with van der Waals surface area (Å²) in [5.41, 5.74) is 4.39. The Hall–Kier alpha value is -2.00. The van der Waals surface area contributed by atoms with Crippen LogP contribution in [0.15, 0.2) is 30.3 Å². The molecule has 0 aliphatic heterocycles. The maximum absolute atomic E-state index is 13.6. The van der Waals surface area contributed by atoms with E-state index in [1.54, 1.807) is 0 Å². The third-order valence-electron chi connectivity index (χ3n) is 3.40. The summed E-state index contributed by atoms with van der Waals surface area (Å²) in [4.78, 5) is 8.88. The Kier molecular flexibility index (Phi) is 3.38. The number of nitrogens with zero attached hydrogens (tertiary/aromatic N) is 2. The quantitative estimate of drug-likeness (QED) is 0.590. The maximum Gasteiger partial charge on any atom is 0.161 e. The van der Waals surface area contributed by atoms with Crippen LogP contribution in [-0.2, 0) is 0 Å². The van der Waals surface area contributed by atoms with Gasteiger partial charge in [0.15, 0.2) is 5.82 Å². The highest BCUT2D eigenvalue weighted by molar-refractivity contribution is 6.34. The van der Waals surface area contributed by atoms with Crippen molar-refractivity contribution in [3.8, 4) is 11.4 Å². The molecule has 21 heavy (non-hydrogen) atoms. The number of aromatic nitrogens is 2. The van der Waals surface area contributed by atoms with Crippen LogP contribution in [0.5, 0.6) is 0 Å². The van der Waals surface area contributed by atoms with Crippen LogP contribution in [0.25, 0.3) is 22.3 Å². The summed E-state index contributed by atoms with van der Waals surface area (Å²) in [6.45, 7) is 5.83. The summed E-state index contributed by atoms with van der Waals surface area (Å²) >= 11 is 6.30. The van der Waals surface area contributed by atoms with E-state index >= 15 is 0 Å². The zero-order valence-corrected chi connectivity index (χ0v) is 12.8. The average molecular weight is 301 g/mol. The molecule has 0 N–H and O–H groups in total. The monoisotopic (exact) mass is 300 g/mol. The summed E-state index contributed by atoms with van der Waals surface area (Å²) in [5.74, 6) is 0.144. The Bertz CT molecular complexity index is 839. The lowest BCUT2D eigenvalue weighted by atomic mass is 10.1. The fraction of sp³-hybridized carbons (Fsp3) is 0.176. The fourth-order valence-electron chi connectivity index (χ4n) is 2.58. The molecule has 2 aromatic carbocycles. The first-order chi connectivity index (χ1) is 9.94. The molecular weight excluding hydrogens is 287 g/mol. The third kappa shape index (κ3) is 2.61. The van der Waals surface area contributed by atoms with Crippen LogP contribution in [0.2, 0.25) is 5.15 Å². The molecule has 3 rings (SSSR count). The molecule has 0 aliphatic carbocycles. The Morgan fingerprint density at radius 2 is 1.62 bits per heavy atom. The molecule has 2 nitrogen and oxygen atoms in total. The van der Waals surface area contributed by atoms with E-state index in [1.165, 1.54) is 12.1 Å². The molecule has 1 aromatic heterocycles. The van der Waals surface area contributed by atoms with Crippen LogP contribution in [0.4, 0.5) is 4.39 Å². The molecule has 0 atom stereocenters. The zero-order valence-electron chi connectivity index (χ0n) is 12.0. The van der Waals surface area contributed by atoms with Crippen molar-refractivity contribution in [1.82, 2.24) is 9.97 Å². The van der Waals surface area contributed by atoms with Crippen molar-refractivity contribution in [1.29, 1.82) is 0 Å². The van der Waals surface area contributed by atoms with E-state index in [-0.39, 0.29) is 5.82 Å². The van der Waals surface area contributed by atoms with E-state index in [0.717, 1.165) is 27.6 Å². The molecular formula is C17H14ClFN2. The zero-order chi connectivity index (χ0) is 15.1. The standard InChI is InChI=1S/C17H14ClFN2/c1-9-4-11(3)15-14(7-9)20-17(21-16(15)18)12-5-10(2)6-13(19)8-12/h4-8H,1-3H3. The van der Waals surface area contributed by atoms with E-state index in [9.17, 15) is 4.39 Å². The summed E-state index contributed by atoms with van der Waals surface area (Å²) < 4.78 is 13.6. The average Bonchev–Trinajstić information content (AvgIpc) is 2.35. The van der Waals surface area contributed by atoms with Gasteiger partial charge in [-0.1, -0.05) is 17.7 Å². The summed E-state index contributed by atoms with van der Waals surface area (Å²) in [6.07, 6.45) is 0. The van der Waals surface area contributed by atoms with E-state index < -0.39 is 0 Å². The molecule has 0 fully saturated rings. The summed E-state index contributed by atoms with van der Waals surface area (Å²) in [5, 5.41) is 1.24. The van der Waals surface area contributed by atoms with Crippen LogP contribution < -0.4 is 0 Å². The molecule has 0 radical (unpaired) electrons. The first-order valence-electron chi connectivity index (χ1n) is 6.66. The highest BCUT2D eigenvalue weighted by atomic mass is 35.5. The van der Waals surface area contributed by atoms with Gasteiger partial charge in [0.2, 0.25) is 0 Å². The summed E-state index contributed by atoms with van der Waals surface area (Å²) in [6, 6.07) is 8.76. The number of fused-ring (bicyclic) bond motifs is 1. The van der Waals surface area contributed by atoms with Crippen LogP contribution in [0, 0.1) is 26.6 Å². The van der Waals surface area contributed by atoms with Gasteiger partial charge in [0.1, 0.15) is 11.0 Å². The second-order valence-electron chi connectivity index (χ2n) is 5.33. The lowest BCUT2D eigenvalue weighted by Crippen LogP contribution is -1.95. The minimum absolute atomic E-state index is 0.301. The Labute approximate surface area is 127 Å². The van der Waals surface area contributed by atoms with Gasteiger partial charge in [0, 0.05) is 10.9 Å². The lowest BCUT2D eigenvalue weighted by Gasteiger charge is -2.09. The van der Waals surface area contributed by atoms with E-state index in [2.05, 4.69) is 9.97 Å². The molecule has 1 heterocycles. The summed E-state index contributed by atoms with van der Waals surface area (Å²) in [7, 11) is 0. The van der Waals surface area contributed by atoms with Crippen LogP contribution in [0.3, 0.4) is 0 Å². The predicted molar refractivity (Wildman–Crippen MR) is 84.2 cm³/mol. The number of benzene rings is 2. The minimum Gasteiger partial charge on any atom is -0.228 e. The number of hydrogen-bond donors (Lipinski definition) is 0. The molecule has 106 valence electrons. The molecule has 0 aliphatic rings. The third-order valence-corrected chi connectivity index (χ3v) is 3.67. The van der Waals surface area contributed by atoms with Crippen LogP contribution in [-0.4, -0.2) is 9.97 Å². The van der Waals surface area contributed by atoms with Crippen LogP contribution in [0.1, 0.15) is 16.7 Å². The van der Waals surface area contributed by atoms with Gasteiger partial charge in [-0.05, 0) is 61.7 Å². The SMILES string of the molecule is Cc1cc(F)cc(-c2nc(Cl)c3c(C)cc(C)cc3n2)c1. The Morgan fingerprint density at radius 3 is 2.33 bits per heavy atom. The van der Waals surface area contributed by atoms with Gasteiger partial charge in [-0.3, -0.25) is 0 Å². The van der Waals surface area contributed by atoms with Gasteiger partial charge in [-0.25, -0.2) is 14.4 Å². The van der Waals surface area contributed by atoms with Crippen LogP contribution >= 0.6 is 11.6 Å². The second kappa shape index (κ2) is 5.08. The van der Waals surface area contributed by atoms with Crippen molar-refractivity contribution in [3.05, 3.63) is 58.0 Å². The predicted octanol–water partition coefficient (Wildman–Crippen LogP) is 5.01. The van der Waals surface area contributed by atoms with E-state index in [0.29, 0.717) is 16.5 Å². The molecule has 4 heteroatoms. The van der Waals surface area contributed by atoms with Gasteiger partial charge < -0.3 is 0 Å². The number of rotatable bonds is 1. The molecule has 0 bridgehead atoms. The van der Waals surface area contributed by atoms with Gasteiger partial charge in [0.25, 0.3) is 0 Å². The van der Waals surface area contributed by atoms with Gasteiger partial charge in [-0.15, -0.1) is 0 Å². The maximum atomic E-state index is 13.6.